The smallest absolute Gasteiger partial charge is 0.257 e. The molecule has 3 amide bonds. The van der Waals surface area contributed by atoms with E-state index in [1.807, 2.05) is 36.2 Å². The third-order valence-electron chi connectivity index (χ3n) is 7.10. The molecule has 0 saturated carbocycles. The van der Waals surface area contributed by atoms with Crippen molar-refractivity contribution in [1.82, 2.24) is 24.9 Å². The topological polar surface area (TPSA) is 112 Å². The van der Waals surface area contributed by atoms with Gasteiger partial charge < -0.3 is 15.1 Å². The second-order valence-corrected chi connectivity index (χ2v) is 9.82. The van der Waals surface area contributed by atoms with Gasteiger partial charge in [0, 0.05) is 43.3 Å². The standard InChI is InChI=1S/C28H33N7O3/c1-33-24-17-22(13-12-21(24)18-29-33)30-28(32-26(37)20-9-3-2-4-10-20)31-23-11-5-6-16-35(27(23)38)19-25(36)34-14-7-8-15-34/h2-4,9-10,12-13,17-18,23H,5-8,11,14-16,19H2,1H3,(H2,30,31,32,37)/t23-/m0/s1. The van der Waals surface area contributed by atoms with Crippen LogP contribution in [0.5, 0.6) is 0 Å². The lowest BCUT2D eigenvalue weighted by molar-refractivity contribution is -0.140. The van der Waals surface area contributed by atoms with Crippen molar-refractivity contribution in [2.24, 2.45) is 12.0 Å². The van der Waals surface area contributed by atoms with Gasteiger partial charge in [0.1, 0.15) is 6.04 Å². The highest BCUT2D eigenvalue weighted by Gasteiger charge is 2.30. The van der Waals surface area contributed by atoms with Crippen molar-refractivity contribution in [2.45, 2.75) is 38.1 Å². The second-order valence-electron chi connectivity index (χ2n) is 9.82. The van der Waals surface area contributed by atoms with Crippen LogP contribution in [0.15, 0.2) is 59.7 Å². The van der Waals surface area contributed by atoms with Crippen molar-refractivity contribution in [3.63, 3.8) is 0 Å². The van der Waals surface area contributed by atoms with Crippen molar-refractivity contribution < 1.29 is 14.4 Å². The highest BCUT2D eigenvalue weighted by molar-refractivity contribution is 6.10. The summed E-state index contributed by atoms with van der Waals surface area (Å²) in [6.07, 6.45) is 5.95. The van der Waals surface area contributed by atoms with Crippen LogP contribution in [0, 0.1) is 0 Å². The van der Waals surface area contributed by atoms with Gasteiger partial charge in [-0.25, -0.2) is 4.99 Å². The van der Waals surface area contributed by atoms with Gasteiger partial charge in [-0.05, 0) is 62.4 Å². The normalized spacial score (nSPS) is 18.5. The SMILES string of the molecule is Cn1ncc2ccc(NC(=N[C@H]3CCCCN(CC(=O)N4CCCC4)C3=O)NC(=O)c3ccccc3)cc21. The van der Waals surface area contributed by atoms with E-state index in [1.54, 1.807) is 40.0 Å². The molecule has 2 saturated heterocycles. The summed E-state index contributed by atoms with van der Waals surface area (Å²) in [7, 11) is 1.86. The van der Waals surface area contributed by atoms with Crippen LogP contribution >= 0.6 is 0 Å². The maximum Gasteiger partial charge on any atom is 0.257 e. The predicted molar refractivity (Wildman–Crippen MR) is 146 cm³/mol. The molecule has 2 aromatic carbocycles. The number of aryl methyl sites for hydroxylation is 1. The monoisotopic (exact) mass is 515 g/mol. The molecular weight excluding hydrogens is 482 g/mol. The molecule has 0 bridgehead atoms. The fraction of sp³-hybridized carbons (Fsp3) is 0.393. The molecule has 5 rings (SSSR count). The van der Waals surface area contributed by atoms with E-state index in [0.717, 1.165) is 49.7 Å². The first-order valence-electron chi connectivity index (χ1n) is 13.2. The summed E-state index contributed by atoms with van der Waals surface area (Å²) in [5, 5.41) is 11.3. The zero-order valence-corrected chi connectivity index (χ0v) is 21.6. The van der Waals surface area contributed by atoms with Gasteiger partial charge in [0.15, 0.2) is 0 Å². The molecule has 2 aliphatic heterocycles. The molecule has 0 aliphatic carbocycles. The third-order valence-corrected chi connectivity index (χ3v) is 7.10. The lowest BCUT2D eigenvalue weighted by atomic mass is 10.1. The van der Waals surface area contributed by atoms with Gasteiger partial charge in [-0.1, -0.05) is 18.2 Å². The Hall–Kier alpha value is -4.21. The first-order chi connectivity index (χ1) is 18.5. The minimum absolute atomic E-state index is 0.0133. The van der Waals surface area contributed by atoms with Crippen LogP contribution in [0.2, 0.25) is 0 Å². The number of benzene rings is 2. The van der Waals surface area contributed by atoms with E-state index < -0.39 is 6.04 Å². The van der Waals surface area contributed by atoms with Gasteiger partial charge in [0.05, 0.1) is 18.3 Å². The Morgan fingerprint density at radius 3 is 2.58 bits per heavy atom. The summed E-state index contributed by atoms with van der Waals surface area (Å²) in [6, 6.07) is 13.9. The fourth-order valence-electron chi connectivity index (χ4n) is 4.97. The molecule has 1 atom stereocenters. The van der Waals surface area contributed by atoms with Gasteiger partial charge in [-0.3, -0.25) is 24.4 Å². The van der Waals surface area contributed by atoms with Gasteiger partial charge in [-0.2, -0.15) is 5.10 Å². The van der Waals surface area contributed by atoms with Crippen molar-refractivity contribution in [3.8, 4) is 0 Å². The van der Waals surface area contributed by atoms with Crippen molar-refractivity contribution in [2.75, 3.05) is 31.5 Å². The number of aliphatic imine (C=N–C) groups is 1. The van der Waals surface area contributed by atoms with Crippen molar-refractivity contribution >= 4 is 40.3 Å². The first kappa shape index (κ1) is 25.4. The van der Waals surface area contributed by atoms with Crippen LogP contribution in [0.4, 0.5) is 5.69 Å². The Balaban J connectivity index is 1.40. The van der Waals surface area contributed by atoms with E-state index in [9.17, 15) is 14.4 Å². The number of fused-ring (bicyclic) bond motifs is 1. The number of anilines is 1. The van der Waals surface area contributed by atoms with Crippen LogP contribution < -0.4 is 10.6 Å². The zero-order valence-electron chi connectivity index (χ0n) is 21.6. The van der Waals surface area contributed by atoms with Crippen LogP contribution in [0.25, 0.3) is 10.9 Å². The van der Waals surface area contributed by atoms with E-state index in [1.165, 1.54) is 0 Å². The van der Waals surface area contributed by atoms with Crippen LogP contribution in [-0.2, 0) is 16.6 Å². The number of nitrogens with one attached hydrogen (secondary N) is 2. The lowest BCUT2D eigenvalue weighted by Crippen LogP contribution is -2.45. The number of carbonyl (C=O) groups is 3. The Morgan fingerprint density at radius 1 is 1.03 bits per heavy atom. The maximum absolute atomic E-state index is 13.5. The summed E-state index contributed by atoms with van der Waals surface area (Å²) < 4.78 is 1.77. The minimum atomic E-state index is -0.706. The number of carbonyl (C=O) groups excluding carboxylic acids is 3. The number of hydrogen-bond acceptors (Lipinski definition) is 5. The number of nitrogens with zero attached hydrogens (tertiary/aromatic N) is 5. The average Bonchev–Trinajstić information content (AvgIpc) is 3.56. The predicted octanol–water partition coefficient (Wildman–Crippen LogP) is 2.77. The number of guanidine groups is 1. The third kappa shape index (κ3) is 5.85. The van der Waals surface area contributed by atoms with Crippen molar-refractivity contribution in [1.29, 1.82) is 0 Å². The molecule has 2 aliphatic rings. The van der Waals surface area contributed by atoms with Gasteiger partial charge >= 0.3 is 0 Å². The Bertz CT molecular complexity index is 1340. The number of likely N-dealkylation sites (tertiary alicyclic amines) is 2. The molecule has 2 N–H and O–H groups in total. The Kier molecular flexibility index (Phi) is 7.67. The van der Waals surface area contributed by atoms with E-state index in [0.29, 0.717) is 24.2 Å². The molecular formula is C28H33N7O3. The Labute approximate surface area is 221 Å². The molecule has 2 fully saturated rings. The fourth-order valence-corrected chi connectivity index (χ4v) is 4.97. The molecule has 3 aromatic rings. The molecule has 38 heavy (non-hydrogen) atoms. The van der Waals surface area contributed by atoms with Crippen LogP contribution in [0.3, 0.4) is 0 Å². The molecule has 0 unspecified atom stereocenters. The van der Waals surface area contributed by atoms with E-state index in [4.69, 9.17) is 4.99 Å². The minimum Gasteiger partial charge on any atom is -0.341 e. The summed E-state index contributed by atoms with van der Waals surface area (Å²) >= 11 is 0. The zero-order chi connectivity index (χ0) is 26.5. The summed E-state index contributed by atoms with van der Waals surface area (Å²) in [4.78, 5) is 47.5. The van der Waals surface area contributed by atoms with Gasteiger partial charge in [0.25, 0.3) is 5.91 Å². The van der Waals surface area contributed by atoms with Crippen molar-refractivity contribution in [3.05, 3.63) is 60.3 Å². The highest BCUT2D eigenvalue weighted by atomic mass is 16.2. The average molecular weight is 516 g/mol. The molecule has 0 radical (unpaired) electrons. The van der Waals surface area contributed by atoms with Crippen LogP contribution in [0.1, 0.15) is 42.5 Å². The maximum atomic E-state index is 13.5. The largest absolute Gasteiger partial charge is 0.341 e. The van der Waals surface area contributed by atoms with E-state index >= 15 is 0 Å². The molecule has 198 valence electrons. The summed E-state index contributed by atoms with van der Waals surface area (Å²) in [6.45, 7) is 2.11. The Morgan fingerprint density at radius 2 is 1.79 bits per heavy atom. The van der Waals surface area contributed by atoms with Gasteiger partial charge in [0.2, 0.25) is 17.8 Å². The van der Waals surface area contributed by atoms with Gasteiger partial charge in [-0.15, -0.1) is 0 Å². The van der Waals surface area contributed by atoms with Crippen LogP contribution in [-0.4, -0.2) is 75.5 Å². The molecule has 10 nitrogen and oxygen atoms in total. The number of amides is 3. The molecule has 10 heteroatoms. The highest BCUT2D eigenvalue weighted by Crippen LogP contribution is 2.20. The lowest BCUT2D eigenvalue weighted by Gasteiger charge is -2.25. The summed E-state index contributed by atoms with van der Waals surface area (Å²) in [5.74, 6) is -0.349. The molecule has 1 aromatic heterocycles. The van der Waals surface area contributed by atoms with E-state index in [-0.39, 0.29) is 30.2 Å². The molecule has 0 spiro atoms. The summed E-state index contributed by atoms with van der Waals surface area (Å²) in [5.41, 5.74) is 2.10. The number of aromatic nitrogens is 2. The second kappa shape index (κ2) is 11.5. The quantitative estimate of drug-likeness (QED) is 0.401. The number of hydrogen-bond donors (Lipinski definition) is 2. The molecule has 3 heterocycles. The first-order valence-corrected chi connectivity index (χ1v) is 13.2. The van der Waals surface area contributed by atoms with E-state index in [2.05, 4.69) is 15.7 Å². The number of rotatable bonds is 5.